The van der Waals surface area contributed by atoms with Gasteiger partial charge in [0.25, 0.3) is 0 Å². The average Bonchev–Trinajstić information content (AvgIpc) is 2.55. The summed E-state index contributed by atoms with van der Waals surface area (Å²) in [6.07, 6.45) is 0. The van der Waals surface area contributed by atoms with Crippen LogP contribution in [0.25, 0.3) is 0 Å². The van der Waals surface area contributed by atoms with E-state index in [2.05, 4.69) is 10.6 Å². The van der Waals surface area contributed by atoms with Crippen LogP contribution < -0.4 is 15.4 Å². The Labute approximate surface area is 146 Å². The number of Topliss-reactive ketones (excluding diaryl/α,β-unsaturated/α-hetero) is 1. The predicted molar refractivity (Wildman–Crippen MR) is 96.2 cm³/mol. The summed E-state index contributed by atoms with van der Waals surface area (Å²) in [5.74, 6) is 0.363. The molecule has 2 aromatic rings. The predicted octanol–water partition coefficient (Wildman–Crippen LogP) is 3.99. The molecule has 2 rings (SSSR count). The monoisotopic (exact) mass is 346 g/mol. The number of carbonyl (C=O) groups is 2. The van der Waals surface area contributed by atoms with Crippen LogP contribution in [0.4, 0.5) is 11.4 Å². The number of nitrogens with one attached hydrogen (secondary N) is 2. The van der Waals surface area contributed by atoms with Crippen LogP contribution in [0, 0.1) is 0 Å². The molecular formula is C18H19ClN2O3. The summed E-state index contributed by atoms with van der Waals surface area (Å²) in [6, 6.07) is 11.5. The van der Waals surface area contributed by atoms with E-state index in [1.165, 1.54) is 6.92 Å². The van der Waals surface area contributed by atoms with Crippen molar-refractivity contribution in [1.82, 2.24) is 0 Å². The molecule has 0 aromatic heterocycles. The highest BCUT2D eigenvalue weighted by Crippen LogP contribution is 2.27. The molecule has 0 heterocycles. The van der Waals surface area contributed by atoms with E-state index in [4.69, 9.17) is 16.3 Å². The van der Waals surface area contributed by atoms with Crippen LogP contribution in [-0.2, 0) is 4.79 Å². The van der Waals surface area contributed by atoms with E-state index in [-0.39, 0.29) is 11.7 Å². The molecule has 0 spiro atoms. The second kappa shape index (κ2) is 7.84. The highest BCUT2D eigenvalue weighted by molar-refractivity contribution is 6.32. The molecule has 0 aliphatic rings. The van der Waals surface area contributed by atoms with Gasteiger partial charge < -0.3 is 15.4 Å². The summed E-state index contributed by atoms with van der Waals surface area (Å²) >= 11 is 6.07. The second-order valence-corrected chi connectivity index (χ2v) is 5.75. The largest absolute Gasteiger partial charge is 0.495 e. The van der Waals surface area contributed by atoms with E-state index >= 15 is 0 Å². The third-order valence-electron chi connectivity index (χ3n) is 3.49. The van der Waals surface area contributed by atoms with Gasteiger partial charge in [0, 0.05) is 16.9 Å². The minimum Gasteiger partial charge on any atom is -0.495 e. The maximum Gasteiger partial charge on any atom is 0.246 e. The zero-order chi connectivity index (χ0) is 17.7. The lowest BCUT2D eigenvalue weighted by Gasteiger charge is -2.16. The molecule has 5 nitrogen and oxygen atoms in total. The van der Waals surface area contributed by atoms with Gasteiger partial charge in [-0.2, -0.15) is 0 Å². The van der Waals surface area contributed by atoms with E-state index in [9.17, 15) is 9.59 Å². The summed E-state index contributed by atoms with van der Waals surface area (Å²) in [4.78, 5) is 23.5. The molecule has 0 unspecified atom stereocenters. The molecule has 126 valence electrons. The topological polar surface area (TPSA) is 67.4 Å². The average molecular weight is 347 g/mol. The van der Waals surface area contributed by atoms with Gasteiger partial charge in [-0.1, -0.05) is 11.6 Å². The van der Waals surface area contributed by atoms with Crippen LogP contribution in [0.2, 0.25) is 5.02 Å². The van der Waals surface area contributed by atoms with Crippen molar-refractivity contribution in [2.45, 2.75) is 19.9 Å². The first-order chi connectivity index (χ1) is 11.4. The normalized spacial score (nSPS) is 11.5. The lowest BCUT2D eigenvalue weighted by atomic mass is 10.1. The first kappa shape index (κ1) is 17.8. The van der Waals surface area contributed by atoms with Crippen LogP contribution in [0.3, 0.4) is 0 Å². The summed E-state index contributed by atoms with van der Waals surface area (Å²) in [5.41, 5.74) is 1.95. The molecule has 1 atom stereocenters. The molecule has 0 bridgehead atoms. The third-order valence-corrected chi connectivity index (χ3v) is 3.78. The zero-order valence-corrected chi connectivity index (χ0v) is 14.5. The molecular weight excluding hydrogens is 328 g/mol. The fourth-order valence-corrected chi connectivity index (χ4v) is 2.37. The Kier molecular flexibility index (Phi) is 5.82. The van der Waals surface area contributed by atoms with E-state index in [0.29, 0.717) is 22.0 Å². The first-order valence-electron chi connectivity index (χ1n) is 7.42. The molecule has 6 heteroatoms. The number of methoxy groups -OCH3 is 1. The summed E-state index contributed by atoms with van der Waals surface area (Å²) in [6.45, 7) is 3.25. The van der Waals surface area contributed by atoms with Crippen LogP contribution in [0.1, 0.15) is 24.2 Å². The SMILES string of the molecule is COc1ccc(N[C@@H](C)C(=O)Nc2ccc(C(C)=O)cc2)cc1Cl. The van der Waals surface area contributed by atoms with E-state index in [1.54, 1.807) is 56.5 Å². The molecule has 1 amide bonds. The van der Waals surface area contributed by atoms with Crippen molar-refractivity contribution in [2.24, 2.45) is 0 Å². The minimum atomic E-state index is -0.470. The Morgan fingerprint density at radius 3 is 2.25 bits per heavy atom. The fraction of sp³-hybridized carbons (Fsp3) is 0.222. The number of halogens is 1. The number of carbonyl (C=O) groups excluding carboxylic acids is 2. The smallest absolute Gasteiger partial charge is 0.246 e. The highest BCUT2D eigenvalue weighted by atomic mass is 35.5. The Balaban J connectivity index is 1.99. The quantitative estimate of drug-likeness (QED) is 0.776. The lowest BCUT2D eigenvalue weighted by Crippen LogP contribution is -2.31. The molecule has 0 saturated heterocycles. The fourth-order valence-electron chi connectivity index (χ4n) is 2.11. The molecule has 0 fully saturated rings. The number of rotatable bonds is 6. The van der Waals surface area contributed by atoms with Gasteiger partial charge in [0.1, 0.15) is 11.8 Å². The molecule has 0 saturated carbocycles. The number of ether oxygens (including phenoxy) is 1. The zero-order valence-electron chi connectivity index (χ0n) is 13.7. The van der Waals surface area contributed by atoms with Crippen molar-refractivity contribution in [3.05, 3.63) is 53.1 Å². The minimum absolute atomic E-state index is 0.0145. The van der Waals surface area contributed by atoms with E-state index < -0.39 is 6.04 Å². The Morgan fingerprint density at radius 2 is 1.71 bits per heavy atom. The van der Waals surface area contributed by atoms with Gasteiger partial charge in [-0.15, -0.1) is 0 Å². The first-order valence-corrected chi connectivity index (χ1v) is 7.80. The van der Waals surface area contributed by atoms with Crippen LogP contribution in [0.15, 0.2) is 42.5 Å². The highest BCUT2D eigenvalue weighted by Gasteiger charge is 2.14. The van der Waals surface area contributed by atoms with Gasteiger partial charge in [-0.25, -0.2) is 0 Å². The van der Waals surface area contributed by atoms with E-state index in [0.717, 1.165) is 5.69 Å². The van der Waals surface area contributed by atoms with Gasteiger partial charge >= 0.3 is 0 Å². The van der Waals surface area contributed by atoms with Crippen molar-refractivity contribution < 1.29 is 14.3 Å². The maximum atomic E-state index is 12.2. The maximum absolute atomic E-state index is 12.2. The Hall–Kier alpha value is -2.53. The molecule has 2 aromatic carbocycles. The van der Waals surface area contributed by atoms with Crippen molar-refractivity contribution in [3.8, 4) is 5.75 Å². The van der Waals surface area contributed by atoms with Gasteiger partial charge in [-0.05, 0) is 56.3 Å². The van der Waals surface area contributed by atoms with Crippen LogP contribution in [0.5, 0.6) is 5.75 Å². The summed E-state index contributed by atoms with van der Waals surface area (Å²) < 4.78 is 5.09. The Bertz CT molecular complexity index is 744. The van der Waals surface area contributed by atoms with Gasteiger partial charge in [0.05, 0.1) is 12.1 Å². The van der Waals surface area contributed by atoms with Crippen molar-refractivity contribution in [3.63, 3.8) is 0 Å². The number of ketones is 1. The molecule has 2 N–H and O–H groups in total. The van der Waals surface area contributed by atoms with Gasteiger partial charge in [0.15, 0.2) is 5.78 Å². The second-order valence-electron chi connectivity index (χ2n) is 5.34. The summed E-state index contributed by atoms with van der Waals surface area (Å²) in [7, 11) is 1.54. The van der Waals surface area contributed by atoms with Crippen LogP contribution in [-0.4, -0.2) is 24.8 Å². The molecule has 0 aliphatic heterocycles. The molecule has 0 aliphatic carbocycles. The Morgan fingerprint density at radius 1 is 1.08 bits per heavy atom. The van der Waals surface area contributed by atoms with Crippen LogP contribution >= 0.6 is 11.6 Å². The van der Waals surface area contributed by atoms with Crippen molar-refractivity contribution in [1.29, 1.82) is 0 Å². The van der Waals surface area contributed by atoms with Crippen molar-refractivity contribution >= 4 is 34.7 Å². The van der Waals surface area contributed by atoms with Gasteiger partial charge in [0.2, 0.25) is 5.91 Å². The number of amides is 1. The number of benzene rings is 2. The number of anilines is 2. The number of hydrogen-bond acceptors (Lipinski definition) is 4. The number of hydrogen-bond donors (Lipinski definition) is 2. The summed E-state index contributed by atoms with van der Waals surface area (Å²) in [5, 5.41) is 6.34. The third kappa shape index (κ3) is 4.49. The lowest BCUT2D eigenvalue weighted by molar-refractivity contribution is -0.116. The standard InChI is InChI=1S/C18H19ClN2O3/c1-11(20-15-8-9-17(24-3)16(19)10-15)18(23)21-14-6-4-13(5-7-14)12(2)22/h4-11,20H,1-3H3,(H,21,23)/t11-/m0/s1. The van der Waals surface area contributed by atoms with Crippen molar-refractivity contribution in [2.75, 3.05) is 17.7 Å². The van der Waals surface area contributed by atoms with Gasteiger partial charge in [-0.3, -0.25) is 9.59 Å². The molecule has 0 radical (unpaired) electrons. The molecule has 24 heavy (non-hydrogen) atoms. The van der Waals surface area contributed by atoms with E-state index in [1.807, 2.05) is 0 Å².